The van der Waals surface area contributed by atoms with Gasteiger partial charge in [-0.25, -0.2) is 0 Å². The van der Waals surface area contributed by atoms with E-state index in [1.165, 1.54) is 5.57 Å². The van der Waals surface area contributed by atoms with E-state index in [1.54, 1.807) is 0 Å². The molecule has 1 nitrogen and oxygen atoms in total. The Morgan fingerprint density at radius 3 is 2.44 bits per heavy atom. The van der Waals surface area contributed by atoms with E-state index in [9.17, 15) is 4.79 Å². The third-order valence-corrected chi connectivity index (χ3v) is 7.11. The normalized spacial score (nSPS) is 44.0. The van der Waals surface area contributed by atoms with E-state index in [0.717, 1.165) is 19.3 Å². The molecule has 18 heavy (non-hydrogen) atoms. The highest BCUT2D eigenvalue weighted by atomic mass is 79.9. The van der Waals surface area contributed by atoms with Gasteiger partial charge in [-0.15, -0.1) is 11.6 Å². The van der Waals surface area contributed by atoms with Crippen LogP contribution in [0.5, 0.6) is 0 Å². The Hall–Kier alpha value is 0.180. The molecule has 2 aliphatic rings. The van der Waals surface area contributed by atoms with Gasteiger partial charge < -0.3 is 0 Å². The van der Waals surface area contributed by atoms with Crippen molar-refractivity contribution in [1.82, 2.24) is 0 Å². The van der Waals surface area contributed by atoms with Crippen molar-refractivity contribution in [1.29, 1.82) is 0 Å². The number of ketones is 1. The van der Waals surface area contributed by atoms with Crippen molar-refractivity contribution < 1.29 is 4.79 Å². The molecular weight excluding hydrogens is 312 g/mol. The highest BCUT2D eigenvalue weighted by Crippen LogP contribution is 2.61. The standard InChI is InChI=1S/C15H22BrClO/c1-10-7-11(18)8-13(2,3)15(10)6-5-14(4,16)12(17)9-15/h7,12H,5-6,8-9H2,1-4H3/t12-,14+,15+/m1/s1. The quantitative estimate of drug-likeness (QED) is 0.578. The van der Waals surface area contributed by atoms with Gasteiger partial charge in [0.25, 0.3) is 0 Å². The third kappa shape index (κ3) is 2.10. The fourth-order valence-corrected chi connectivity index (χ4v) is 4.51. The molecule has 0 aliphatic heterocycles. The molecule has 2 aliphatic carbocycles. The molecule has 0 heterocycles. The second-order valence-corrected chi connectivity index (χ2v) is 9.22. The number of carbonyl (C=O) groups excluding carboxylic acids is 1. The van der Waals surface area contributed by atoms with Crippen LogP contribution in [0.2, 0.25) is 0 Å². The van der Waals surface area contributed by atoms with Crippen LogP contribution in [0.1, 0.15) is 53.4 Å². The summed E-state index contributed by atoms with van der Waals surface area (Å²) in [5, 5.41) is 0.113. The second kappa shape index (κ2) is 4.34. The predicted octanol–water partition coefficient (Wildman–Crippen LogP) is 4.86. The molecule has 0 radical (unpaired) electrons. The molecule has 0 unspecified atom stereocenters. The molecule has 1 fully saturated rings. The number of hydrogen-bond donors (Lipinski definition) is 0. The van der Waals surface area contributed by atoms with E-state index in [1.807, 2.05) is 6.08 Å². The molecule has 0 aromatic heterocycles. The Kier molecular flexibility index (Phi) is 3.52. The molecule has 0 bridgehead atoms. The summed E-state index contributed by atoms with van der Waals surface area (Å²) < 4.78 is 0.0254. The zero-order chi connectivity index (χ0) is 13.8. The smallest absolute Gasteiger partial charge is 0.156 e. The molecule has 3 heteroatoms. The molecule has 0 saturated heterocycles. The first-order valence-corrected chi connectivity index (χ1v) is 7.88. The van der Waals surface area contributed by atoms with E-state index < -0.39 is 0 Å². The van der Waals surface area contributed by atoms with Gasteiger partial charge in [-0.1, -0.05) is 35.4 Å². The topological polar surface area (TPSA) is 17.1 Å². The van der Waals surface area contributed by atoms with Crippen molar-refractivity contribution in [3.63, 3.8) is 0 Å². The first-order chi connectivity index (χ1) is 8.11. The van der Waals surface area contributed by atoms with Gasteiger partial charge in [-0.2, -0.15) is 0 Å². The summed E-state index contributed by atoms with van der Waals surface area (Å²) in [6.07, 6.45) is 5.63. The number of rotatable bonds is 0. The van der Waals surface area contributed by atoms with E-state index in [2.05, 4.69) is 43.6 Å². The SMILES string of the molecule is CC1=CC(=O)CC(C)(C)[C@]12CC[C@](C)(Br)[C@H](Cl)C2. The first kappa shape index (κ1) is 14.6. The van der Waals surface area contributed by atoms with Gasteiger partial charge in [-0.05, 0) is 50.0 Å². The Morgan fingerprint density at radius 1 is 1.33 bits per heavy atom. The molecular formula is C15H22BrClO. The van der Waals surface area contributed by atoms with Crippen LogP contribution < -0.4 is 0 Å². The number of alkyl halides is 2. The van der Waals surface area contributed by atoms with Crippen molar-refractivity contribution >= 4 is 33.3 Å². The highest BCUT2D eigenvalue weighted by molar-refractivity contribution is 9.10. The van der Waals surface area contributed by atoms with Gasteiger partial charge >= 0.3 is 0 Å². The zero-order valence-corrected chi connectivity index (χ0v) is 14.0. The third-order valence-electron chi connectivity index (χ3n) is 5.27. The number of allylic oxidation sites excluding steroid dienone is 2. The minimum absolute atomic E-state index is 0.0134. The molecule has 0 aromatic rings. The van der Waals surface area contributed by atoms with Gasteiger partial charge in [0.2, 0.25) is 0 Å². The molecule has 0 aromatic carbocycles. The van der Waals surface area contributed by atoms with Crippen molar-refractivity contribution in [2.24, 2.45) is 10.8 Å². The molecule has 2 rings (SSSR count). The maximum Gasteiger partial charge on any atom is 0.156 e. The summed E-state index contributed by atoms with van der Waals surface area (Å²) in [5.74, 6) is 0.265. The van der Waals surface area contributed by atoms with E-state index in [4.69, 9.17) is 11.6 Å². The molecule has 0 amide bonds. The Morgan fingerprint density at radius 2 is 1.94 bits per heavy atom. The van der Waals surface area contributed by atoms with Crippen molar-refractivity contribution in [3.8, 4) is 0 Å². The highest BCUT2D eigenvalue weighted by Gasteiger charge is 2.55. The average Bonchev–Trinajstić information content (AvgIpc) is 2.19. The molecule has 1 saturated carbocycles. The minimum atomic E-state index is 0.0134. The summed E-state index contributed by atoms with van der Waals surface area (Å²) in [6.45, 7) is 8.74. The summed E-state index contributed by atoms with van der Waals surface area (Å²) >= 11 is 10.4. The van der Waals surface area contributed by atoms with Crippen LogP contribution >= 0.6 is 27.5 Å². The Labute approximate surface area is 123 Å². The van der Waals surface area contributed by atoms with Gasteiger partial charge in [0, 0.05) is 16.1 Å². The van der Waals surface area contributed by atoms with Crippen LogP contribution in [0.3, 0.4) is 0 Å². The lowest BCUT2D eigenvalue weighted by Gasteiger charge is -2.56. The van der Waals surface area contributed by atoms with Crippen LogP contribution in [-0.4, -0.2) is 15.5 Å². The van der Waals surface area contributed by atoms with Crippen molar-refractivity contribution in [3.05, 3.63) is 11.6 Å². The van der Waals surface area contributed by atoms with Crippen LogP contribution in [0.15, 0.2) is 11.6 Å². The predicted molar refractivity (Wildman–Crippen MR) is 80.4 cm³/mol. The summed E-state index contributed by atoms with van der Waals surface area (Å²) in [5.41, 5.74) is 1.34. The maximum atomic E-state index is 11.8. The Bertz CT molecular complexity index is 411. The molecule has 1 spiro atoms. The van der Waals surface area contributed by atoms with Crippen LogP contribution in [0.4, 0.5) is 0 Å². The maximum absolute atomic E-state index is 11.8. The van der Waals surface area contributed by atoms with Crippen LogP contribution in [0.25, 0.3) is 0 Å². The average molecular weight is 334 g/mol. The molecule has 3 atom stereocenters. The number of carbonyl (C=O) groups is 1. The summed E-state index contributed by atoms with van der Waals surface area (Å²) in [4.78, 5) is 11.8. The summed E-state index contributed by atoms with van der Waals surface area (Å²) in [6, 6.07) is 0. The minimum Gasteiger partial charge on any atom is -0.295 e. The first-order valence-electron chi connectivity index (χ1n) is 6.65. The van der Waals surface area contributed by atoms with Crippen LogP contribution in [0, 0.1) is 10.8 Å². The van der Waals surface area contributed by atoms with Gasteiger partial charge in [-0.3, -0.25) is 4.79 Å². The van der Waals surface area contributed by atoms with Gasteiger partial charge in [0.1, 0.15) is 0 Å². The van der Waals surface area contributed by atoms with Crippen LogP contribution in [-0.2, 0) is 4.79 Å². The molecule has 0 N–H and O–H groups in total. The van der Waals surface area contributed by atoms with E-state index in [0.29, 0.717) is 6.42 Å². The monoisotopic (exact) mass is 332 g/mol. The lowest BCUT2D eigenvalue weighted by Crippen LogP contribution is -2.51. The Balaban J connectivity index is 2.42. The second-order valence-electron chi connectivity index (χ2n) is 6.89. The van der Waals surface area contributed by atoms with Crippen molar-refractivity contribution in [2.75, 3.05) is 0 Å². The van der Waals surface area contributed by atoms with E-state index >= 15 is 0 Å². The van der Waals surface area contributed by atoms with Gasteiger partial charge in [0.05, 0.1) is 0 Å². The summed E-state index contributed by atoms with van der Waals surface area (Å²) in [7, 11) is 0. The largest absolute Gasteiger partial charge is 0.295 e. The number of halogens is 2. The van der Waals surface area contributed by atoms with Gasteiger partial charge in [0.15, 0.2) is 5.78 Å². The fourth-order valence-electron chi connectivity index (χ4n) is 3.78. The molecule has 102 valence electrons. The van der Waals surface area contributed by atoms with E-state index in [-0.39, 0.29) is 26.3 Å². The van der Waals surface area contributed by atoms with Crippen molar-refractivity contribution in [2.45, 2.75) is 63.1 Å². The number of hydrogen-bond acceptors (Lipinski definition) is 1. The lowest BCUT2D eigenvalue weighted by atomic mass is 9.51. The lowest BCUT2D eigenvalue weighted by molar-refractivity contribution is -0.120. The fraction of sp³-hybridized carbons (Fsp3) is 0.800. The zero-order valence-electron chi connectivity index (χ0n) is 11.6.